The maximum absolute atomic E-state index is 14.7. The molecule has 40 heavy (non-hydrogen) atoms. The van der Waals surface area contributed by atoms with Crippen LogP contribution in [0.15, 0.2) is 146 Å². The Labute approximate surface area is 233 Å². The van der Waals surface area contributed by atoms with Crippen LogP contribution >= 0.6 is 0 Å². The van der Waals surface area contributed by atoms with Crippen LogP contribution in [0.4, 0.5) is 5.69 Å². The molecule has 6 nitrogen and oxygen atoms in total. The summed E-state index contributed by atoms with van der Waals surface area (Å²) in [7, 11) is 0. The molecule has 2 amide bonds. The number of carbonyl (C=O) groups excluding carboxylic acids is 2. The number of phenolic OH excluding ortho intramolecular Hbond substituents is 1. The van der Waals surface area contributed by atoms with Crippen LogP contribution in [-0.4, -0.2) is 23.5 Å². The van der Waals surface area contributed by atoms with E-state index in [1.165, 1.54) is 5.01 Å². The molecule has 0 fully saturated rings. The van der Waals surface area contributed by atoms with Crippen molar-refractivity contribution < 1.29 is 19.4 Å². The lowest BCUT2D eigenvalue weighted by molar-refractivity contribution is -0.128. The number of para-hydroxylation sites is 2. The summed E-state index contributed by atoms with van der Waals surface area (Å²) in [4.78, 5) is 28.3. The molecule has 0 heterocycles. The maximum Gasteiger partial charge on any atom is 0.283 e. The molecule has 0 aliphatic carbocycles. The van der Waals surface area contributed by atoms with Gasteiger partial charge in [0.1, 0.15) is 16.9 Å². The van der Waals surface area contributed by atoms with E-state index in [9.17, 15) is 14.7 Å². The lowest BCUT2D eigenvalue weighted by atomic mass is 9.68. The van der Waals surface area contributed by atoms with Gasteiger partial charge < -0.3 is 9.84 Å². The molecular formula is C34H28N2O4. The SMILES string of the molecule is O=C(COc1ccccc1)N(NC(=O)C(c1ccccc1)(c1ccccc1)c1ccc(O)cc1)c1ccccc1. The van der Waals surface area contributed by atoms with Gasteiger partial charge in [0.2, 0.25) is 0 Å². The third-order valence-corrected chi connectivity index (χ3v) is 6.64. The van der Waals surface area contributed by atoms with Crippen molar-refractivity contribution in [1.82, 2.24) is 5.43 Å². The van der Waals surface area contributed by atoms with Gasteiger partial charge in [0, 0.05) is 0 Å². The first-order valence-electron chi connectivity index (χ1n) is 12.9. The zero-order chi connectivity index (χ0) is 27.8. The largest absolute Gasteiger partial charge is 0.508 e. The first-order valence-corrected chi connectivity index (χ1v) is 12.9. The van der Waals surface area contributed by atoms with Gasteiger partial charge in [-0.25, -0.2) is 5.01 Å². The Kier molecular flexibility index (Phi) is 7.88. The number of amides is 2. The van der Waals surface area contributed by atoms with Crippen LogP contribution < -0.4 is 15.2 Å². The molecule has 5 aromatic rings. The number of benzene rings is 5. The highest BCUT2D eigenvalue weighted by atomic mass is 16.5. The van der Waals surface area contributed by atoms with Crippen LogP contribution in [-0.2, 0) is 15.0 Å². The molecule has 0 saturated carbocycles. The van der Waals surface area contributed by atoms with Crippen molar-refractivity contribution >= 4 is 17.5 Å². The standard InChI is InChI=1S/C34H28N2O4/c37-30-23-21-28(22-24-30)34(26-13-5-1-6-14-26,27-15-7-2-8-16-27)33(39)35-36(29-17-9-3-10-18-29)32(38)25-40-31-19-11-4-12-20-31/h1-24,37H,25H2,(H,35,39). The predicted molar refractivity (Wildman–Crippen MR) is 155 cm³/mol. The molecule has 0 saturated heterocycles. The third kappa shape index (κ3) is 5.42. The first kappa shape index (κ1) is 26.3. The summed E-state index contributed by atoms with van der Waals surface area (Å²) in [6.07, 6.45) is 0. The Morgan fingerprint density at radius 2 is 1.07 bits per heavy atom. The van der Waals surface area contributed by atoms with Gasteiger partial charge in [-0.15, -0.1) is 0 Å². The topological polar surface area (TPSA) is 78.9 Å². The third-order valence-electron chi connectivity index (χ3n) is 6.64. The second-order valence-corrected chi connectivity index (χ2v) is 9.14. The average molecular weight is 529 g/mol. The highest BCUT2D eigenvalue weighted by molar-refractivity contribution is 6.02. The van der Waals surface area contributed by atoms with Crippen molar-refractivity contribution in [2.45, 2.75) is 5.41 Å². The first-order chi connectivity index (χ1) is 19.6. The molecule has 0 aromatic heterocycles. The number of nitrogens with zero attached hydrogens (tertiary/aromatic N) is 1. The molecule has 6 heteroatoms. The number of ether oxygens (including phenoxy) is 1. The lowest BCUT2D eigenvalue weighted by Gasteiger charge is -2.36. The number of hydrogen-bond donors (Lipinski definition) is 2. The number of hydrazine groups is 1. The van der Waals surface area contributed by atoms with E-state index in [1.54, 1.807) is 60.7 Å². The van der Waals surface area contributed by atoms with Gasteiger partial charge >= 0.3 is 0 Å². The predicted octanol–water partition coefficient (Wildman–Crippen LogP) is 5.87. The molecule has 0 bridgehead atoms. The van der Waals surface area contributed by atoms with Gasteiger partial charge in [-0.05, 0) is 53.1 Å². The Hall–Kier alpha value is -5.36. The molecule has 0 unspecified atom stereocenters. The molecule has 0 aliphatic heterocycles. The van der Waals surface area contributed by atoms with Crippen LogP contribution in [0.1, 0.15) is 16.7 Å². The summed E-state index contributed by atoms with van der Waals surface area (Å²) in [6, 6.07) is 43.3. The van der Waals surface area contributed by atoms with Crippen LogP contribution in [0, 0.1) is 0 Å². The second kappa shape index (κ2) is 12.0. The molecule has 198 valence electrons. The summed E-state index contributed by atoms with van der Waals surface area (Å²) in [5, 5.41) is 11.3. The van der Waals surface area contributed by atoms with Crippen LogP contribution in [0.25, 0.3) is 0 Å². The van der Waals surface area contributed by atoms with Gasteiger partial charge in [-0.2, -0.15) is 0 Å². The van der Waals surface area contributed by atoms with Gasteiger partial charge in [0.05, 0.1) is 5.69 Å². The van der Waals surface area contributed by atoms with E-state index < -0.39 is 17.2 Å². The Balaban J connectivity index is 1.60. The fraction of sp³-hybridized carbons (Fsp3) is 0.0588. The summed E-state index contributed by atoms with van der Waals surface area (Å²) in [6.45, 7) is -0.290. The van der Waals surface area contributed by atoms with E-state index in [0.29, 0.717) is 28.1 Å². The molecular weight excluding hydrogens is 500 g/mol. The second-order valence-electron chi connectivity index (χ2n) is 9.14. The number of hydrogen-bond acceptors (Lipinski definition) is 4. The van der Waals surface area contributed by atoms with Crippen LogP contribution in [0.3, 0.4) is 0 Å². The molecule has 2 N–H and O–H groups in total. The van der Waals surface area contributed by atoms with E-state index in [1.807, 2.05) is 84.9 Å². The van der Waals surface area contributed by atoms with Gasteiger partial charge in [0.25, 0.3) is 11.8 Å². The minimum Gasteiger partial charge on any atom is -0.508 e. The highest BCUT2D eigenvalue weighted by Gasteiger charge is 2.45. The van der Waals surface area contributed by atoms with Gasteiger partial charge in [-0.3, -0.25) is 15.0 Å². The van der Waals surface area contributed by atoms with Crippen molar-refractivity contribution in [1.29, 1.82) is 0 Å². The number of rotatable bonds is 8. The average Bonchev–Trinajstić information content (AvgIpc) is 3.02. The number of nitrogens with one attached hydrogen (secondary N) is 1. The smallest absolute Gasteiger partial charge is 0.283 e. The number of phenols is 1. The molecule has 0 spiro atoms. The number of aromatic hydroxyl groups is 1. The van der Waals surface area contributed by atoms with E-state index in [2.05, 4.69) is 5.43 Å². The molecule has 5 aromatic carbocycles. The van der Waals surface area contributed by atoms with Crippen molar-refractivity contribution in [2.24, 2.45) is 0 Å². The Morgan fingerprint density at radius 3 is 1.60 bits per heavy atom. The highest BCUT2D eigenvalue weighted by Crippen LogP contribution is 2.40. The molecule has 5 rings (SSSR count). The van der Waals surface area contributed by atoms with E-state index in [4.69, 9.17) is 4.74 Å². The number of anilines is 1. The van der Waals surface area contributed by atoms with E-state index in [-0.39, 0.29) is 12.4 Å². The van der Waals surface area contributed by atoms with Crippen molar-refractivity contribution in [3.8, 4) is 11.5 Å². The van der Waals surface area contributed by atoms with Crippen molar-refractivity contribution in [3.05, 3.63) is 162 Å². The summed E-state index contributed by atoms with van der Waals surface area (Å²) in [5.74, 6) is -0.280. The number of carbonyl (C=O) groups is 2. The summed E-state index contributed by atoms with van der Waals surface area (Å²) < 4.78 is 5.73. The van der Waals surface area contributed by atoms with E-state index >= 15 is 0 Å². The molecule has 0 radical (unpaired) electrons. The Morgan fingerprint density at radius 1 is 0.625 bits per heavy atom. The zero-order valence-corrected chi connectivity index (χ0v) is 21.7. The van der Waals surface area contributed by atoms with Crippen LogP contribution in [0.2, 0.25) is 0 Å². The lowest BCUT2D eigenvalue weighted by Crippen LogP contribution is -2.56. The van der Waals surface area contributed by atoms with Crippen molar-refractivity contribution in [2.75, 3.05) is 11.6 Å². The van der Waals surface area contributed by atoms with Gasteiger partial charge in [0.15, 0.2) is 6.61 Å². The zero-order valence-electron chi connectivity index (χ0n) is 21.7. The fourth-order valence-electron chi connectivity index (χ4n) is 4.74. The van der Waals surface area contributed by atoms with Gasteiger partial charge in [-0.1, -0.05) is 109 Å². The maximum atomic E-state index is 14.7. The monoisotopic (exact) mass is 528 g/mol. The van der Waals surface area contributed by atoms with E-state index in [0.717, 1.165) is 0 Å². The van der Waals surface area contributed by atoms with Crippen molar-refractivity contribution in [3.63, 3.8) is 0 Å². The quantitative estimate of drug-likeness (QED) is 0.195. The summed E-state index contributed by atoms with van der Waals surface area (Å²) in [5.41, 5.74) is 4.07. The summed E-state index contributed by atoms with van der Waals surface area (Å²) >= 11 is 0. The minimum atomic E-state index is -1.36. The van der Waals surface area contributed by atoms with Crippen LogP contribution in [0.5, 0.6) is 11.5 Å². The molecule has 0 atom stereocenters. The normalized spacial score (nSPS) is 10.9. The fourth-order valence-corrected chi connectivity index (χ4v) is 4.74. The Bertz CT molecular complexity index is 1500. The minimum absolute atomic E-state index is 0.0818. The molecule has 0 aliphatic rings.